The fourth-order valence-corrected chi connectivity index (χ4v) is 4.37. The molecule has 0 saturated carbocycles. The molecule has 4 rings (SSSR count). The Kier molecular flexibility index (Phi) is 6.63. The Hall–Kier alpha value is -3.41. The molecule has 3 aromatic rings. The molecule has 6 heteroatoms. The molecule has 2 aromatic carbocycles. The van der Waals surface area contributed by atoms with Gasteiger partial charge in [0.2, 0.25) is 0 Å². The number of piperazine rings is 1. The predicted molar refractivity (Wildman–Crippen MR) is 134 cm³/mol. The van der Waals surface area contributed by atoms with Gasteiger partial charge in [-0.25, -0.2) is 14.8 Å². The zero-order chi connectivity index (χ0) is 23.5. The van der Waals surface area contributed by atoms with Crippen LogP contribution in [0.15, 0.2) is 42.5 Å². The first-order valence-electron chi connectivity index (χ1n) is 11.6. The standard InChI is InChI=1S/C27H33N5O/c1-18-6-9-23(10-7-18)17-24-21(4)28-22(5)29-26(24)31-12-14-32(15-13-31)27(33)30-25-11-8-19(2)16-20(25)3/h6-11,16H,12-15,17H2,1-5H3,(H,30,33). The summed E-state index contributed by atoms with van der Waals surface area (Å²) in [6, 6.07) is 14.7. The highest BCUT2D eigenvalue weighted by Crippen LogP contribution is 2.25. The van der Waals surface area contributed by atoms with Crippen molar-refractivity contribution in [3.05, 3.63) is 81.8 Å². The highest BCUT2D eigenvalue weighted by molar-refractivity contribution is 5.90. The van der Waals surface area contributed by atoms with Gasteiger partial charge in [0, 0.05) is 49.5 Å². The maximum atomic E-state index is 12.9. The van der Waals surface area contributed by atoms with Crippen molar-refractivity contribution in [3.8, 4) is 0 Å². The number of carbonyl (C=O) groups is 1. The van der Waals surface area contributed by atoms with Crippen LogP contribution in [-0.4, -0.2) is 47.1 Å². The monoisotopic (exact) mass is 443 g/mol. The molecular weight excluding hydrogens is 410 g/mol. The number of aryl methyl sites for hydroxylation is 5. The summed E-state index contributed by atoms with van der Waals surface area (Å²) in [5.41, 5.74) is 7.84. The number of hydrogen-bond acceptors (Lipinski definition) is 4. The first-order valence-corrected chi connectivity index (χ1v) is 11.6. The van der Waals surface area contributed by atoms with Gasteiger partial charge in [-0.15, -0.1) is 0 Å². The van der Waals surface area contributed by atoms with Crippen LogP contribution >= 0.6 is 0 Å². The molecule has 1 aliphatic heterocycles. The number of aromatic nitrogens is 2. The zero-order valence-electron chi connectivity index (χ0n) is 20.3. The van der Waals surface area contributed by atoms with Crippen molar-refractivity contribution < 1.29 is 4.79 Å². The Balaban J connectivity index is 1.46. The fraction of sp³-hybridized carbons (Fsp3) is 0.370. The second-order valence-electron chi connectivity index (χ2n) is 9.04. The van der Waals surface area contributed by atoms with E-state index in [0.717, 1.165) is 53.7 Å². The summed E-state index contributed by atoms with van der Waals surface area (Å²) >= 11 is 0. The highest BCUT2D eigenvalue weighted by Gasteiger charge is 2.25. The van der Waals surface area contributed by atoms with E-state index in [1.54, 1.807) is 0 Å². The lowest BCUT2D eigenvalue weighted by atomic mass is 10.0. The molecule has 0 spiro atoms. The van der Waals surface area contributed by atoms with Crippen LogP contribution in [0.25, 0.3) is 0 Å². The molecule has 2 amide bonds. The quantitative estimate of drug-likeness (QED) is 0.619. The van der Waals surface area contributed by atoms with Gasteiger partial charge >= 0.3 is 6.03 Å². The molecule has 172 valence electrons. The summed E-state index contributed by atoms with van der Waals surface area (Å²) in [6.07, 6.45) is 0.801. The van der Waals surface area contributed by atoms with Crippen molar-refractivity contribution in [1.29, 1.82) is 0 Å². The first-order chi connectivity index (χ1) is 15.8. The molecule has 1 aliphatic rings. The molecule has 1 aromatic heterocycles. The lowest BCUT2D eigenvalue weighted by Crippen LogP contribution is -2.50. The lowest BCUT2D eigenvalue weighted by Gasteiger charge is -2.36. The van der Waals surface area contributed by atoms with Gasteiger partial charge in [-0.3, -0.25) is 0 Å². The minimum absolute atomic E-state index is 0.0449. The van der Waals surface area contributed by atoms with Gasteiger partial charge in [0.05, 0.1) is 0 Å². The summed E-state index contributed by atoms with van der Waals surface area (Å²) in [5.74, 6) is 1.78. The van der Waals surface area contributed by atoms with E-state index in [9.17, 15) is 4.79 Å². The summed E-state index contributed by atoms with van der Waals surface area (Å²) in [6.45, 7) is 13.0. The van der Waals surface area contributed by atoms with Gasteiger partial charge in [-0.1, -0.05) is 47.5 Å². The van der Waals surface area contributed by atoms with E-state index >= 15 is 0 Å². The fourth-order valence-electron chi connectivity index (χ4n) is 4.37. The van der Waals surface area contributed by atoms with Crippen molar-refractivity contribution in [1.82, 2.24) is 14.9 Å². The molecule has 0 aliphatic carbocycles. The Morgan fingerprint density at radius 3 is 2.21 bits per heavy atom. The lowest BCUT2D eigenvalue weighted by molar-refractivity contribution is 0.208. The van der Waals surface area contributed by atoms with Crippen LogP contribution in [0.5, 0.6) is 0 Å². The minimum Gasteiger partial charge on any atom is -0.353 e. The zero-order valence-corrected chi connectivity index (χ0v) is 20.3. The number of hydrogen-bond donors (Lipinski definition) is 1. The topological polar surface area (TPSA) is 61.4 Å². The Morgan fingerprint density at radius 1 is 0.879 bits per heavy atom. The maximum absolute atomic E-state index is 12.9. The van der Waals surface area contributed by atoms with Gasteiger partial charge in [0.15, 0.2) is 0 Å². The third-order valence-corrected chi connectivity index (χ3v) is 6.30. The van der Waals surface area contributed by atoms with Crippen molar-refractivity contribution in [2.75, 3.05) is 36.4 Å². The number of amides is 2. The van der Waals surface area contributed by atoms with Crippen molar-refractivity contribution in [3.63, 3.8) is 0 Å². The van der Waals surface area contributed by atoms with E-state index < -0.39 is 0 Å². The molecule has 0 atom stereocenters. The van der Waals surface area contributed by atoms with Crippen LogP contribution in [-0.2, 0) is 6.42 Å². The maximum Gasteiger partial charge on any atom is 0.321 e. The van der Waals surface area contributed by atoms with E-state index in [1.807, 2.05) is 30.9 Å². The number of anilines is 2. The van der Waals surface area contributed by atoms with E-state index in [1.165, 1.54) is 16.7 Å². The number of nitrogens with zero attached hydrogens (tertiary/aromatic N) is 4. The van der Waals surface area contributed by atoms with E-state index in [0.29, 0.717) is 13.1 Å². The molecule has 0 radical (unpaired) electrons. The van der Waals surface area contributed by atoms with Crippen molar-refractivity contribution in [2.24, 2.45) is 0 Å². The van der Waals surface area contributed by atoms with Crippen LogP contribution < -0.4 is 10.2 Å². The highest BCUT2D eigenvalue weighted by atomic mass is 16.2. The summed E-state index contributed by atoms with van der Waals surface area (Å²) in [4.78, 5) is 26.5. The summed E-state index contributed by atoms with van der Waals surface area (Å²) in [5, 5.41) is 3.07. The van der Waals surface area contributed by atoms with Gasteiger partial charge in [0.1, 0.15) is 11.6 Å². The predicted octanol–water partition coefficient (Wildman–Crippen LogP) is 4.96. The average molecular weight is 444 g/mol. The summed E-state index contributed by atoms with van der Waals surface area (Å²) in [7, 11) is 0. The first kappa shape index (κ1) is 22.8. The van der Waals surface area contributed by atoms with Crippen LogP contribution in [0.2, 0.25) is 0 Å². The van der Waals surface area contributed by atoms with Crippen LogP contribution in [0, 0.1) is 34.6 Å². The number of benzene rings is 2. The molecule has 2 heterocycles. The van der Waals surface area contributed by atoms with Gasteiger partial charge in [-0.2, -0.15) is 0 Å². The number of urea groups is 1. The van der Waals surface area contributed by atoms with E-state index in [4.69, 9.17) is 4.98 Å². The van der Waals surface area contributed by atoms with E-state index in [2.05, 4.69) is 66.3 Å². The van der Waals surface area contributed by atoms with Gasteiger partial charge < -0.3 is 15.1 Å². The number of rotatable bonds is 4. The normalized spacial score (nSPS) is 13.8. The van der Waals surface area contributed by atoms with Gasteiger partial charge in [-0.05, 0) is 51.8 Å². The second-order valence-corrected chi connectivity index (χ2v) is 9.04. The van der Waals surface area contributed by atoms with E-state index in [-0.39, 0.29) is 6.03 Å². The van der Waals surface area contributed by atoms with Crippen LogP contribution in [0.1, 0.15) is 39.3 Å². The Labute approximate surface area is 196 Å². The molecular formula is C27H33N5O. The third-order valence-electron chi connectivity index (χ3n) is 6.30. The molecule has 1 saturated heterocycles. The smallest absolute Gasteiger partial charge is 0.321 e. The largest absolute Gasteiger partial charge is 0.353 e. The SMILES string of the molecule is Cc1ccc(Cc2c(C)nc(C)nc2N2CCN(C(=O)Nc3ccc(C)cc3C)CC2)cc1. The Morgan fingerprint density at radius 2 is 1.55 bits per heavy atom. The number of carbonyl (C=O) groups excluding carboxylic acids is 1. The molecule has 0 unspecified atom stereocenters. The number of nitrogens with one attached hydrogen (secondary N) is 1. The molecule has 33 heavy (non-hydrogen) atoms. The average Bonchev–Trinajstić information content (AvgIpc) is 2.79. The van der Waals surface area contributed by atoms with Crippen molar-refractivity contribution in [2.45, 2.75) is 41.0 Å². The molecule has 0 bridgehead atoms. The van der Waals surface area contributed by atoms with Gasteiger partial charge in [0.25, 0.3) is 0 Å². The second kappa shape index (κ2) is 9.61. The third kappa shape index (κ3) is 5.33. The molecule has 1 N–H and O–H groups in total. The van der Waals surface area contributed by atoms with Crippen molar-refractivity contribution >= 4 is 17.5 Å². The van der Waals surface area contributed by atoms with Crippen LogP contribution in [0.4, 0.5) is 16.3 Å². The Bertz CT molecular complexity index is 1150. The van der Waals surface area contributed by atoms with Crippen LogP contribution in [0.3, 0.4) is 0 Å². The molecule has 6 nitrogen and oxygen atoms in total. The molecule has 1 fully saturated rings. The summed E-state index contributed by atoms with van der Waals surface area (Å²) < 4.78 is 0. The minimum atomic E-state index is -0.0449.